The summed E-state index contributed by atoms with van der Waals surface area (Å²) >= 11 is 1.57. The Morgan fingerprint density at radius 1 is 1.24 bits per heavy atom. The number of hydrogen-bond acceptors (Lipinski definition) is 3. The van der Waals surface area contributed by atoms with E-state index in [4.69, 9.17) is 0 Å². The zero-order chi connectivity index (χ0) is 15.4. The maximum absolute atomic E-state index is 12.3. The maximum atomic E-state index is 12.3. The van der Waals surface area contributed by atoms with Crippen molar-refractivity contribution in [2.24, 2.45) is 0 Å². The van der Waals surface area contributed by atoms with Crippen molar-refractivity contribution >= 4 is 23.5 Å². The SMILES string of the molecule is Cc1ccccc1SC(C)C(=O)Nc1ccnn1C(C)C. The highest BCUT2D eigenvalue weighted by molar-refractivity contribution is 8.00. The van der Waals surface area contributed by atoms with Gasteiger partial charge in [0.05, 0.1) is 11.4 Å². The van der Waals surface area contributed by atoms with E-state index in [1.165, 1.54) is 5.56 Å². The van der Waals surface area contributed by atoms with Crippen molar-refractivity contribution in [3.05, 3.63) is 42.1 Å². The standard InChI is InChI=1S/C16H21N3OS/c1-11(2)19-15(9-10-17-19)18-16(20)13(4)21-14-8-6-5-7-12(14)3/h5-11,13H,1-4H3,(H,18,20). The fourth-order valence-electron chi connectivity index (χ4n) is 1.99. The molecule has 0 bridgehead atoms. The Morgan fingerprint density at radius 2 is 1.95 bits per heavy atom. The minimum atomic E-state index is -0.165. The molecule has 1 atom stereocenters. The molecule has 1 amide bonds. The molecule has 1 unspecified atom stereocenters. The molecule has 1 aromatic heterocycles. The molecule has 0 radical (unpaired) electrons. The highest BCUT2D eigenvalue weighted by Crippen LogP contribution is 2.27. The van der Waals surface area contributed by atoms with Crippen molar-refractivity contribution in [2.75, 3.05) is 5.32 Å². The van der Waals surface area contributed by atoms with Gasteiger partial charge in [-0.2, -0.15) is 5.10 Å². The van der Waals surface area contributed by atoms with Crippen molar-refractivity contribution in [1.29, 1.82) is 0 Å². The lowest BCUT2D eigenvalue weighted by molar-refractivity contribution is -0.115. The average molecular weight is 303 g/mol. The van der Waals surface area contributed by atoms with E-state index in [0.717, 1.165) is 10.7 Å². The topological polar surface area (TPSA) is 46.9 Å². The van der Waals surface area contributed by atoms with Crippen LogP contribution in [-0.4, -0.2) is 20.9 Å². The van der Waals surface area contributed by atoms with Crippen LogP contribution < -0.4 is 5.32 Å². The molecule has 2 rings (SSSR count). The summed E-state index contributed by atoms with van der Waals surface area (Å²) in [5, 5.41) is 7.01. The summed E-state index contributed by atoms with van der Waals surface area (Å²) < 4.78 is 1.81. The molecular formula is C16H21N3OS. The van der Waals surface area contributed by atoms with Crippen LogP contribution in [0.2, 0.25) is 0 Å². The first-order valence-corrected chi connectivity index (χ1v) is 7.93. The molecule has 21 heavy (non-hydrogen) atoms. The van der Waals surface area contributed by atoms with E-state index in [1.54, 1.807) is 18.0 Å². The zero-order valence-corrected chi connectivity index (χ0v) is 13.6. The van der Waals surface area contributed by atoms with Gasteiger partial charge in [-0.05, 0) is 39.3 Å². The number of benzene rings is 1. The molecule has 0 fully saturated rings. The van der Waals surface area contributed by atoms with Gasteiger partial charge in [-0.25, -0.2) is 4.68 Å². The van der Waals surface area contributed by atoms with Crippen LogP contribution in [0.25, 0.3) is 0 Å². The molecule has 5 heteroatoms. The Labute approximate surface area is 129 Å². The Hall–Kier alpha value is -1.75. The van der Waals surface area contributed by atoms with Crippen molar-refractivity contribution in [1.82, 2.24) is 9.78 Å². The van der Waals surface area contributed by atoms with Gasteiger partial charge in [0.25, 0.3) is 0 Å². The monoisotopic (exact) mass is 303 g/mol. The lowest BCUT2D eigenvalue weighted by Gasteiger charge is -2.15. The number of carbonyl (C=O) groups excluding carboxylic acids is 1. The number of nitrogens with zero attached hydrogens (tertiary/aromatic N) is 2. The number of nitrogens with one attached hydrogen (secondary N) is 1. The summed E-state index contributed by atoms with van der Waals surface area (Å²) in [6, 6.07) is 10.1. The van der Waals surface area contributed by atoms with E-state index >= 15 is 0 Å². The number of hydrogen-bond donors (Lipinski definition) is 1. The van der Waals surface area contributed by atoms with Gasteiger partial charge in [-0.3, -0.25) is 4.79 Å². The molecule has 0 aliphatic heterocycles. The second-order valence-corrected chi connectivity index (χ2v) is 6.65. The van der Waals surface area contributed by atoms with E-state index in [2.05, 4.69) is 23.4 Å². The highest BCUT2D eigenvalue weighted by Gasteiger charge is 2.17. The third kappa shape index (κ3) is 3.88. The Bertz CT molecular complexity index is 621. The molecule has 0 saturated heterocycles. The summed E-state index contributed by atoms with van der Waals surface area (Å²) in [5.74, 6) is 0.734. The number of carbonyl (C=O) groups is 1. The van der Waals surface area contributed by atoms with Gasteiger partial charge < -0.3 is 5.32 Å². The number of aryl methyl sites for hydroxylation is 1. The minimum absolute atomic E-state index is 0.00865. The van der Waals surface area contributed by atoms with Crippen molar-refractivity contribution in [3.63, 3.8) is 0 Å². The summed E-state index contributed by atoms with van der Waals surface area (Å²) in [6.45, 7) is 8.05. The average Bonchev–Trinajstić information content (AvgIpc) is 2.89. The normalized spacial score (nSPS) is 12.4. The molecule has 0 aliphatic carbocycles. The first kappa shape index (κ1) is 15.6. The molecule has 0 saturated carbocycles. The molecule has 4 nitrogen and oxygen atoms in total. The molecular weight excluding hydrogens is 282 g/mol. The van der Waals surface area contributed by atoms with Crippen LogP contribution in [0.15, 0.2) is 41.4 Å². The third-order valence-corrected chi connectivity index (χ3v) is 4.46. The van der Waals surface area contributed by atoms with Crippen molar-refractivity contribution in [3.8, 4) is 0 Å². The van der Waals surface area contributed by atoms with Crippen LogP contribution in [0.3, 0.4) is 0 Å². The predicted octanol–water partition coefficient (Wildman–Crippen LogP) is 3.89. The fourth-order valence-corrected chi connectivity index (χ4v) is 2.94. The number of amides is 1. The minimum Gasteiger partial charge on any atom is -0.310 e. The van der Waals surface area contributed by atoms with Crippen LogP contribution in [0.1, 0.15) is 32.4 Å². The highest BCUT2D eigenvalue weighted by atomic mass is 32.2. The molecule has 2 aromatic rings. The van der Waals surface area contributed by atoms with E-state index in [1.807, 2.05) is 49.7 Å². The molecule has 0 aliphatic rings. The van der Waals surface area contributed by atoms with Crippen molar-refractivity contribution in [2.45, 2.75) is 43.9 Å². The van der Waals surface area contributed by atoms with Crippen LogP contribution in [0.4, 0.5) is 5.82 Å². The van der Waals surface area contributed by atoms with E-state index < -0.39 is 0 Å². The summed E-state index contributed by atoms with van der Waals surface area (Å²) in [6.07, 6.45) is 1.70. The predicted molar refractivity (Wildman–Crippen MR) is 87.7 cm³/mol. The summed E-state index contributed by atoms with van der Waals surface area (Å²) in [7, 11) is 0. The second kappa shape index (κ2) is 6.80. The number of aromatic nitrogens is 2. The smallest absolute Gasteiger partial charge is 0.238 e. The maximum Gasteiger partial charge on any atom is 0.238 e. The fraction of sp³-hybridized carbons (Fsp3) is 0.375. The van der Waals surface area contributed by atoms with Crippen LogP contribution in [0, 0.1) is 6.92 Å². The van der Waals surface area contributed by atoms with Gasteiger partial charge in [0.2, 0.25) is 5.91 Å². The second-order valence-electron chi connectivity index (χ2n) is 5.27. The van der Waals surface area contributed by atoms with Gasteiger partial charge in [0.15, 0.2) is 0 Å². The molecule has 0 spiro atoms. The first-order chi connectivity index (χ1) is 9.99. The van der Waals surface area contributed by atoms with Crippen LogP contribution in [-0.2, 0) is 4.79 Å². The first-order valence-electron chi connectivity index (χ1n) is 7.05. The zero-order valence-electron chi connectivity index (χ0n) is 12.8. The van der Waals surface area contributed by atoms with Gasteiger partial charge in [-0.1, -0.05) is 18.2 Å². The number of anilines is 1. The number of rotatable bonds is 5. The number of thioether (sulfide) groups is 1. The van der Waals surface area contributed by atoms with Gasteiger partial charge in [0, 0.05) is 17.0 Å². The van der Waals surface area contributed by atoms with Crippen LogP contribution >= 0.6 is 11.8 Å². The van der Waals surface area contributed by atoms with Gasteiger partial charge in [0.1, 0.15) is 5.82 Å². The summed E-state index contributed by atoms with van der Waals surface area (Å²) in [5.41, 5.74) is 1.19. The quantitative estimate of drug-likeness (QED) is 0.852. The largest absolute Gasteiger partial charge is 0.310 e. The molecule has 1 heterocycles. The third-order valence-electron chi connectivity index (χ3n) is 3.18. The summed E-state index contributed by atoms with van der Waals surface area (Å²) in [4.78, 5) is 13.5. The molecule has 1 aromatic carbocycles. The molecule has 112 valence electrons. The van der Waals surface area contributed by atoms with E-state index in [9.17, 15) is 4.79 Å². The Balaban J connectivity index is 2.03. The molecule has 1 N–H and O–H groups in total. The van der Waals surface area contributed by atoms with Crippen LogP contribution in [0.5, 0.6) is 0 Å². The Morgan fingerprint density at radius 3 is 2.62 bits per heavy atom. The van der Waals surface area contributed by atoms with Gasteiger partial charge >= 0.3 is 0 Å². The Kier molecular flexibility index (Phi) is 5.07. The lowest BCUT2D eigenvalue weighted by Crippen LogP contribution is -2.24. The van der Waals surface area contributed by atoms with Gasteiger partial charge in [-0.15, -0.1) is 11.8 Å². The van der Waals surface area contributed by atoms with Crippen molar-refractivity contribution < 1.29 is 4.79 Å². The van der Waals surface area contributed by atoms with E-state index in [-0.39, 0.29) is 17.2 Å². The van der Waals surface area contributed by atoms with E-state index in [0.29, 0.717) is 0 Å². The lowest BCUT2D eigenvalue weighted by atomic mass is 10.2.